The quantitative estimate of drug-likeness (QED) is 0.770. The van der Waals surface area contributed by atoms with Gasteiger partial charge in [0.1, 0.15) is 18.3 Å². The van der Waals surface area contributed by atoms with Crippen molar-refractivity contribution in [3.05, 3.63) is 60.4 Å². The fourth-order valence-corrected chi connectivity index (χ4v) is 3.35. The van der Waals surface area contributed by atoms with Gasteiger partial charge < -0.3 is 15.1 Å². The molecule has 154 valence electrons. The Morgan fingerprint density at radius 1 is 1.17 bits per heavy atom. The molecule has 3 rings (SSSR count). The van der Waals surface area contributed by atoms with E-state index in [1.54, 1.807) is 24.3 Å². The van der Waals surface area contributed by atoms with Gasteiger partial charge >= 0.3 is 0 Å². The number of nitrogens with zero attached hydrogens (tertiary/aromatic N) is 3. The monoisotopic (exact) mass is 408 g/mol. The number of amides is 3. The first-order chi connectivity index (χ1) is 14.4. The smallest absolute Gasteiger partial charge is 0.236 e. The molecule has 1 N–H and O–H groups in total. The molecule has 1 heterocycles. The van der Waals surface area contributed by atoms with Crippen LogP contribution >= 0.6 is 0 Å². The Balaban J connectivity index is 1.62. The third-order valence-electron chi connectivity index (χ3n) is 5.07. The highest BCUT2D eigenvalue weighted by atomic mass is 19.1. The van der Waals surface area contributed by atoms with Gasteiger partial charge in [-0.05, 0) is 42.8 Å². The highest BCUT2D eigenvalue weighted by Crippen LogP contribution is 2.25. The SMILES string of the molecule is CN(C(=O)CC(=O)N1CC(C(=O)Nc2ccccc2)CC1C#N)c1ccc(F)cc1. The first-order valence-corrected chi connectivity index (χ1v) is 9.46. The summed E-state index contributed by atoms with van der Waals surface area (Å²) >= 11 is 0. The lowest BCUT2D eigenvalue weighted by Crippen LogP contribution is -2.39. The Labute approximate surface area is 173 Å². The molecule has 2 aromatic carbocycles. The van der Waals surface area contributed by atoms with Gasteiger partial charge in [0.2, 0.25) is 17.7 Å². The fraction of sp³-hybridized carbons (Fsp3) is 0.273. The van der Waals surface area contributed by atoms with Crippen LogP contribution in [0, 0.1) is 23.1 Å². The average Bonchev–Trinajstić information content (AvgIpc) is 3.19. The number of anilines is 2. The number of rotatable bonds is 5. The van der Waals surface area contributed by atoms with E-state index in [4.69, 9.17) is 0 Å². The number of carbonyl (C=O) groups is 3. The van der Waals surface area contributed by atoms with E-state index in [2.05, 4.69) is 5.32 Å². The summed E-state index contributed by atoms with van der Waals surface area (Å²) in [5.74, 6) is -2.24. The number of halogens is 1. The maximum Gasteiger partial charge on any atom is 0.236 e. The molecular formula is C22H21FN4O3. The minimum absolute atomic E-state index is 0.0727. The van der Waals surface area contributed by atoms with Crippen molar-refractivity contribution in [2.75, 3.05) is 23.8 Å². The summed E-state index contributed by atoms with van der Waals surface area (Å²) in [6, 6.07) is 15.5. The van der Waals surface area contributed by atoms with E-state index in [-0.39, 0.29) is 18.9 Å². The van der Waals surface area contributed by atoms with Gasteiger partial charge in [-0.2, -0.15) is 5.26 Å². The second-order valence-corrected chi connectivity index (χ2v) is 7.08. The van der Waals surface area contributed by atoms with Crippen molar-refractivity contribution in [3.8, 4) is 6.07 Å². The van der Waals surface area contributed by atoms with E-state index >= 15 is 0 Å². The van der Waals surface area contributed by atoms with E-state index in [9.17, 15) is 24.0 Å². The summed E-state index contributed by atoms with van der Waals surface area (Å²) in [6.45, 7) is 0.0727. The molecule has 0 aromatic heterocycles. The highest BCUT2D eigenvalue weighted by molar-refractivity contribution is 6.05. The molecule has 2 aromatic rings. The van der Waals surface area contributed by atoms with Crippen LogP contribution in [0.4, 0.5) is 15.8 Å². The minimum atomic E-state index is -0.770. The number of likely N-dealkylation sites (tertiary alicyclic amines) is 1. The molecule has 2 atom stereocenters. The number of hydrogen-bond donors (Lipinski definition) is 1. The van der Waals surface area contributed by atoms with Gasteiger partial charge in [0, 0.05) is 25.0 Å². The molecule has 8 heteroatoms. The van der Waals surface area contributed by atoms with Crippen LogP contribution in [-0.2, 0) is 14.4 Å². The molecule has 1 aliphatic heterocycles. The maximum absolute atomic E-state index is 13.1. The van der Waals surface area contributed by atoms with Crippen LogP contribution in [0.15, 0.2) is 54.6 Å². The summed E-state index contributed by atoms with van der Waals surface area (Å²) in [5, 5.41) is 12.2. The first-order valence-electron chi connectivity index (χ1n) is 9.46. The maximum atomic E-state index is 13.1. The van der Waals surface area contributed by atoms with Crippen LogP contribution < -0.4 is 10.2 Å². The van der Waals surface area contributed by atoms with Crippen molar-refractivity contribution in [2.45, 2.75) is 18.9 Å². The first kappa shape index (κ1) is 21.0. The molecule has 0 aliphatic carbocycles. The number of nitrogens with one attached hydrogen (secondary N) is 1. The van der Waals surface area contributed by atoms with E-state index in [1.165, 1.54) is 41.1 Å². The molecule has 7 nitrogen and oxygen atoms in total. The Morgan fingerprint density at radius 2 is 1.83 bits per heavy atom. The summed E-state index contributed by atoms with van der Waals surface area (Å²) in [6.07, 6.45) is -0.234. The Kier molecular flexibility index (Phi) is 6.42. The topological polar surface area (TPSA) is 93.5 Å². The molecule has 1 fully saturated rings. The minimum Gasteiger partial charge on any atom is -0.326 e. The predicted octanol–water partition coefficient (Wildman–Crippen LogP) is 2.56. The molecule has 1 aliphatic rings. The van der Waals surface area contributed by atoms with Gasteiger partial charge in [-0.3, -0.25) is 14.4 Å². The summed E-state index contributed by atoms with van der Waals surface area (Å²) in [4.78, 5) is 40.2. The van der Waals surface area contributed by atoms with Crippen LogP contribution in [0.3, 0.4) is 0 Å². The van der Waals surface area contributed by atoms with E-state index in [1.807, 2.05) is 12.1 Å². The summed E-state index contributed by atoms with van der Waals surface area (Å²) in [7, 11) is 1.49. The van der Waals surface area contributed by atoms with E-state index < -0.39 is 36.0 Å². The third-order valence-corrected chi connectivity index (χ3v) is 5.07. The molecular weight excluding hydrogens is 387 g/mol. The number of benzene rings is 2. The summed E-state index contributed by atoms with van der Waals surface area (Å²) < 4.78 is 13.1. The molecule has 1 saturated heterocycles. The average molecular weight is 408 g/mol. The van der Waals surface area contributed by atoms with Gasteiger partial charge in [0.15, 0.2) is 0 Å². The van der Waals surface area contributed by atoms with Crippen molar-refractivity contribution < 1.29 is 18.8 Å². The lowest BCUT2D eigenvalue weighted by atomic mass is 10.1. The molecule has 0 saturated carbocycles. The normalized spacial score (nSPS) is 17.8. The van der Waals surface area contributed by atoms with Crippen molar-refractivity contribution in [3.63, 3.8) is 0 Å². The molecule has 0 bridgehead atoms. The zero-order chi connectivity index (χ0) is 21.7. The third kappa shape index (κ3) is 4.81. The standard InChI is InChI=1S/C22H21FN4O3/c1-26(18-9-7-16(23)8-10-18)20(28)12-21(29)27-14-15(11-19(27)13-24)22(30)25-17-5-3-2-4-6-17/h2-10,15,19H,11-12,14H2,1H3,(H,25,30). The number of hydrogen-bond acceptors (Lipinski definition) is 4. The zero-order valence-electron chi connectivity index (χ0n) is 16.4. The fourth-order valence-electron chi connectivity index (χ4n) is 3.35. The second-order valence-electron chi connectivity index (χ2n) is 7.08. The van der Waals surface area contributed by atoms with Crippen LogP contribution in [0.25, 0.3) is 0 Å². The van der Waals surface area contributed by atoms with Crippen LogP contribution in [0.2, 0.25) is 0 Å². The second kappa shape index (κ2) is 9.18. The number of nitriles is 1. The highest BCUT2D eigenvalue weighted by Gasteiger charge is 2.39. The zero-order valence-corrected chi connectivity index (χ0v) is 16.4. The molecule has 0 radical (unpaired) electrons. The van der Waals surface area contributed by atoms with Gasteiger partial charge in [0.05, 0.1) is 12.0 Å². The van der Waals surface area contributed by atoms with Crippen LogP contribution in [-0.4, -0.2) is 42.3 Å². The van der Waals surface area contributed by atoms with E-state index in [0.717, 1.165) is 0 Å². The van der Waals surface area contributed by atoms with Crippen molar-refractivity contribution >= 4 is 29.1 Å². The molecule has 0 spiro atoms. The largest absolute Gasteiger partial charge is 0.326 e. The van der Waals surface area contributed by atoms with Crippen molar-refractivity contribution in [2.24, 2.45) is 5.92 Å². The van der Waals surface area contributed by atoms with Gasteiger partial charge in [0.25, 0.3) is 0 Å². The van der Waals surface area contributed by atoms with Gasteiger partial charge in [-0.1, -0.05) is 18.2 Å². The van der Waals surface area contributed by atoms with Crippen molar-refractivity contribution in [1.29, 1.82) is 5.26 Å². The van der Waals surface area contributed by atoms with Gasteiger partial charge in [-0.25, -0.2) is 4.39 Å². The Morgan fingerprint density at radius 3 is 2.47 bits per heavy atom. The summed E-state index contributed by atoms with van der Waals surface area (Å²) in [5.41, 5.74) is 1.09. The molecule has 3 amide bonds. The predicted molar refractivity (Wildman–Crippen MR) is 109 cm³/mol. The van der Waals surface area contributed by atoms with Gasteiger partial charge in [-0.15, -0.1) is 0 Å². The van der Waals surface area contributed by atoms with Crippen LogP contribution in [0.5, 0.6) is 0 Å². The van der Waals surface area contributed by atoms with Crippen LogP contribution in [0.1, 0.15) is 12.8 Å². The molecule has 30 heavy (non-hydrogen) atoms. The Bertz CT molecular complexity index is 972. The number of para-hydroxylation sites is 1. The number of carbonyl (C=O) groups excluding carboxylic acids is 3. The Hall–Kier alpha value is -3.73. The van der Waals surface area contributed by atoms with E-state index in [0.29, 0.717) is 11.4 Å². The van der Waals surface area contributed by atoms with Crippen molar-refractivity contribution in [1.82, 2.24) is 4.90 Å². The lowest BCUT2D eigenvalue weighted by Gasteiger charge is -2.22. The molecule has 2 unspecified atom stereocenters. The lowest BCUT2D eigenvalue weighted by molar-refractivity contribution is -0.135.